The first-order valence-electron chi connectivity index (χ1n) is 8.11. The van der Waals surface area contributed by atoms with E-state index >= 15 is 0 Å². The van der Waals surface area contributed by atoms with Crippen LogP contribution in [0.4, 0.5) is 0 Å². The highest BCUT2D eigenvalue weighted by molar-refractivity contribution is 5.82. The van der Waals surface area contributed by atoms with E-state index in [1.54, 1.807) is 0 Å². The average Bonchev–Trinajstić information content (AvgIpc) is 2.49. The molecule has 116 valence electrons. The molecule has 2 N–H and O–H groups in total. The van der Waals surface area contributed by atoms with Gasteiger partial charge < -0.3 is 10.6 Å². The summed E-state index contributed by atoms with van der Waals surface area (Å²) < 4.78 is 0. The first kappa shape index (κ1) is 16.0. The van der Waals surface area contributed by atoms with Gasteiger partial charge in [0.05, 0.1) is 0 Å². The molecule has 1 heterocycles. The van der Waals surface area contributed by atoms with Crippen molar-refractivity contribution in [3.63, 3.8) is 0 Å². The number of benzene rings is 1. The third-order valence-electron chi connectivity index (χ3n) is 4.34. The number of hydrogen-bond donors (Lipinski definition) is 2. The molecule has 1 unspecified atom stereocenters. The van der Waals surface area contributed by atoms with E-state index in [1.807, 2.05) is 32.0 Å². The van der Waals surface area contributed by atoms with Gasteiger partial charge in [0.25, 0.3) is 0 Å². The predicted molar refractivity (Wildman–Crippen MR) is 87.1 cm³/mol. The molecule has 1 atom stereocenters. The minimum Gasteiger partial charge on any atom is -0.356 e. The SMILES string of the molecule is CC(C)(Cc1ccccc1)C(=O)NCCC1CCCNC1. The lowest BCUT2D eigenvalue weighted by Crippen LogP contribution is -2.40. The van der Waals surface area contributed by atoms with Crippen LogP contribution in [0, 0.1) is 11.3 Å². The molecule has 1 fully saturated rings. The fourth-order valence-corrected chi connectivity index (χ4v) is 2.99. The predicted octanol–water partition coefficient (Wildman–Crippen LogP) is 2.76. The Morgan fingerprint density at radius 3 is 2.76 bits per heavy atom. The van der Waals surface area contributed by atoms with Crippen LogP contribution in [0.25, 0.3) is 0 Å². The summed E-state index contributed by atoms with van der Waals surface area (Å²) in [4.78, 5) is 12.4. The lowest BCUT2D eigenvalue weighted by Gasteiger charge is -2.26. The molecule has 0 aromatic heterocycles. The Bertz CT molecular complexity index is 436. The Kier molecular flexibility index (Phi) is 5.80. The van der Waals surface area contributed by atoms with Gasteiger partial charge in [0.2, 0.25) is 5.91 Å². The second-order valence-electron chi connectivity index (χ2n) is 6.80. The van der Waals surface area contributed by atoms with Crippen LogP contribution >= 0.6 is 0 Å². The molecule has 1 saturated heterocycles. The summed E-state index contributed by atoms with van der Waals surface area (Å²) in [6.45, 7) is 7.09. The number of hydrogen-bond acceptors (Lipinski definition) is 2. The van der Waals surface area contributed by atoms with Crippen LogP contribution in [0.1, 0.15) is 38.7 Å². The maximum Gasteiger partial charge on any atom is 0.225 e. The Morgan fingerprint density at radius 2 is 2.10 bits per heavy atom. The van der Waals surface area contributed by atoms with Crippen molar-refractivity contribution >= 4 is 5.91 Å². The molecule has 0 spiro atoms. The van der Waals surface area contributed by atoms with Crippen LogP contribution in [0.5, 0.6) is 0 Å². The van der Waals surface area contributed by atoms with E-state index in [4.69, 9.17) is 0 Å². The van der Waals surface area contributed by atoms with Gasteiger partial charge in [0.15, 0.2) is 0 Å². The van der Waals surface area contributed by atoms with Crippen LogP contribution in [-0.2, 0) is 11.2 Å². The highest BCUT2D eigenvalue weighted by atomic mass is 16.2. The molecule has 0 radical (unpaired) electrons. The molecule has 3 nitrogen and oxygen atoms in total. The second-order valence-corrected chi connectivity index (χ2v) is 6.80. The molecule has 2 rings (SSSR count). The maximum absolute atomic E-state index is 12.4. The molecule has 1 amide bonds. The largest absolute Gasteiger partial charge is 0.356 e. The van der Waals surface area contributed by atoms with Gasteiger partial charge in [-0.2, -0.15) is 0 Å². The summed E-state index contributed by atoms with van der Waals surface area (Å²) in [7, 11) is 0. The normalized spacial score (nSPS) is 19.2. The van der Waals surface area contributed by atoms with Crippen molar-refractivity contribution in [1.29, 1.82) is 0 Å². The maximum atomic E-state index is 12.4. The zero-order chi connectivity index (χ0) is 15.1. The fourth-order valence-electron chi connectivity index (χ4n) is 2.99. The van der Waals surface area contributed by atoms with Gasteiger partial charge in [-0.05, 0) is 50.3 Å². The number of nitrogens with one attached hydrogen (secondary N) is 2. The number of carbonyl (C=O) groups excluding carboxylic acids is 1. The van der Waals surface area contributed by atoms with E-state index in [-0.39, 0.29) is 11.3 Å². The fraction of sp³-hybridized carbons (Fsp3) is 0.611. The van der Waals surface area contributed by atoms with Crippen LogP contribution in [0.3, 0.4) is 0 Å². The molecular weight excluding hydrogens is 260 g/mol. The Labute approximate surface area is 128 Å². The van der Waals surface area contributed by atoms with Crippen molar-refractivity contribution in [2.75, 3.05) is 19.6 Å². The Hall–Kier alpha value is -1.35. The van der Waals surface area contributed by atoms with Crippen LogP contribution < -0.4 is 10.6 Å². The number of carbonyl (C=O) groups is 1. The lowest BCUT2D eigenvalue weighted by atomic mass is 9.84. The summed E-state index contributed by atoms with van der Waals surface area (Å²) in [5.41, 5.74) is 0.862. The zero-order valence-corrected chi connectivity index (χ0v) is 13.3. The molecule has 21 heavy (non-hydrogen) atoms. The van der Waals surface area contributed by atoms with Gasteiger partial charge in [0, 0.05) is 12.0 Å². The van der Waals surface area contributed by atoms with E-state index in [0.29, 0.717) is 0 Å². The zero-order valence-electron chi connectivity index (χ0n) is 13.3. The topological polar surface area (TPSA) is 41.1 Å². The highest BCUT2D eigenvalue weighted by Crippen LogP contribution is 2.22. The minimum atomic E-state index is -0.355. The molecule has 0 saturated carbocycles. The monoisotopic (exact) mass is 288 g/mol. The van der Waals surface area contributed by atoms with E-state index in [0.717, 1.165) is 38.4 Å². The number of piperidine rings is 1. The van der Waals surface area contributed by atoms with Crippen molar-refractivity contribution in [1.82, 2.24) is 10.6 Å². The second kappa shape index (κ2) is 7.60. The number of rotatable bonds is 6. The lowest BCUT2D eigenvalue weighted by molar-refractivity contribution is -0.129. The van der Waals surface area contributed by atoms with Crippen molar-refractivity contribution in [2.45, 2.75) is 39.5 Å². The molecule has 1 aliphatic rings. The quantitative estimate of drug-likeness (QED) is 0.845. The van der Waals surface area contributed by atoms with Crippen molar-refractivity contribution < 1.29 is 4.79 Å². The Balaban J connectivity index is 1.75. The van der Waals surface area contributed by atoms with E-state index in [9.17, 15) is 4.79 Å². The van der Waals surface area contributed by atoms with Gasteiger partial charge in [-0.1, -0.05) is 44.2 Å². The molecule has 1 aliphatic heterocycles. The van der Waals surface area contributed by atoms with E-state index in [1.165, 1.54) is 18.4 Å². The van der Waals surface area contributed by atoms with E-state index in [2.05, 4.69) is 22.8 Å². The van der Waals surface area contributed by atoms with Gasteiger partial charge in [-0.25, -0.2) is 0 Å². The van der Waals surface area contributed by atoms with Gasteiger partial charge in [-0.15, -0.1) is 0 Å². The standard InChI is InChI=1S/C18H28N2O/c1-18(2,13-15-7-4-3-5-8-15)17(21)20-12-10-16-9-6-11-19-14-16/h3-5,7-8,16,19H,6,9-14H2,1-2H3,(H,20,21). The van der Waals surface area contributed by atoms with E-state index < -0.39 is 0 Å². The Morgan fingerprint density at radius 1 is 1.33 bits per heavy atom. The van der Waals surface area contributed by atoms with Crippen LogP contribution in [0.15, 0.2) is 30.3 Å². The minimum absolute atomic E-state index is 0.162. The third-order valence-corrected chi connectivity index (χ3v) is 4.34. The summed E-state index contributed by atoms with van der Waals surface area (Å²) in [5, 5.41) is 6.55. The van der Waals surface area contributed by atoms with Crippen molar-refractivity contribution in [2.24, 2.45) is 11.3 Å². The number of amides is 1. The third kappa shape index (κ3) is 5.16. The summed E-state index contributed by atoms with van der Waals surface area (Å²) in [5.74, 6) is 0.881. The molecule has 0 bridgehead atoms. The molecule has 3 heteroatoms. The summed E-state index contributed by atoms with van der Waals surface area (Å²) in [6.07, 6.45) is 4.42. The van der Waals surface area contributed by atoms with Gasteiger partial charge in [0.1, 0.15) is 0 Å². The molecular formula is C18H28N2O. The molecule has 1 aromatic rings. The van der Waals surface area contributed by atoms with Crippen molar-refractivity contribution in [3.8, 4) is 0 Å². The van der Waals surface area contributed by atoms with Crippen LogP contribution in [-0.4, -0.2) is 25.5 Å². The first-order chi connectivity index (χ1) is 10.1. The van der Waals surface area contributed by atoms with Crippen LogP contribution in [0.2, 0.25) is 0 Å². The van der Waals surface area contributed by atoms with Gasteiger partial charge >= 0.3 is 0 Å². The smallest absolute Gasteiger partial charge is 0.225 e. The van der Waals surface area contributed by atoms with Gasteiger partial charge in [-0.3, -0.25) is 4.79 Å². The first-order valence-corrected chi connectivity index (χ1v) is 8.11. The average molecular weight is 288 g/mol. The summed E-state index contributed by atoms with van der Waals surface area (Å²) >= 11 is 0. The highest BCUT2D eigenvalue weighted by Gasteiger charge is 2.27. The molecule has 0 aliphatic carbocycles. The molecule has 1 aromatic carbocycles. The van der Waals surface area contributed by atoms with Crippen molar-refractivity contribution in [3.05, 3.63) is 35.9 Å². The summed E-state index contributed by atoms with van der Waals surface area (Å²) in [6, 6.07) is 10.2.